The van der Waals surface area contributed by atoms with E-state index in [1.165, 1.54) is 11.1 Å². The molecule has 220 valence electrons. The number of carbonyl (C=O) groups is 2. The SMILES string of the molecule is O=C(Nc1ccc(N2CCC(C(C(=O)Nc3ccccc3)c3ccccc3)CC2)cc1)C1=CC=CC2c3ccccc3CC12. The second kappa shape index (κ2) is 12.4. The van der Waals surface area contributed by atoms with Crippen molar-refractivity contribution in [3.63, 3.8) is 0 Å². The molecular weight excluding hydrogens is 542 g/mol. The number of carbonyl (C=O) groups excluding carboxylic acids is 2. The largest absolute Gasteiger partial charge is 0.372 e. The van der Waals surface area contributed by atoms with Crippen molar-refractivity contribution in [2.24, 2.45) is 11.8 Å². The first kappa shape index (κ1) is 27.9. The van der Waals surface area contributed by atoms with E-state index < -0.39 is 0 Å². The number of nitrogens with zero attached hydrogens (tertiary/aromatic N) is 1. The molecule has 3 unspecified atom stereocenters. The van der Waals surface area contributed by atoms with E-state index >= 15 is 0 Å². The Kier molecular flexibility index (Phi) is 7.85. The second-order valence-corrected chi connectivity index (χ2v) is 12.1. The normalized spacial score (nSPS) is 19.8. The summed E-state index contributed by atoms with van der Waals surface area (Å²) in [5, 5.41) is 6.30. The van der Waals surface area contributed by atoms with Crippen LogP contribution >= 0.6 is 0 Å². The number of amides is 2. The molecule has 3 atom stereocenters. The van der Waals surface area contributed by atoms with Crippen LogP contribution in [0.25, 0.3) is 0 Å². The number of allylic oxidation sites excluding steroid dienone is 3. The molecule has 0 spiro atoms. The Hall–Kier alpha value is -4.90. The molecule has 1 saturated heterocycles. The van der Waals surface area contributed by atoms with Crippen molar-refractivity contribution in [3.8, 4) is 0 Å². The standard InChI is InChI=1S/C39H37N3O2/c43-38(35-17-9-16-34-33-15-8-7-12-29(33)26-36(34)35)40-31-18-20-32(21-19-31)42-24-22-28(23-25-42)37(27-10-3-1-4-11-27)39(44)41-30-13-5-2-6-14-30/h1-21,28,34,36-37H,22-26H2,(H,40,43)(H,41,44). The van der Waals surface area contributed by atoms with Crippen molar-refractivity contribution in [1.82, 2.24) is 0 Å². The van der Waals surface area contributed by atoms with Gasteiger partial charge in [0.2, 0.25) is 5.91 Å². The molecule has 4 aromatic rings. The van der Waals surface area contributed by atoms with Crippen LogP contribution in [0.4, 0.5) is 17.1 Å². The minimum Gasteiger partial charge on any atom is -0.372 e. The first-order chi connectivity index (χ1) is 21.6. The maximum Gasteiger partial charge on any atom is 0.251 e. The summed E-state index contributed by atoms with van der Waals surface area (Å²) >= 11 is 0. The van der Waals surface area contributed by atoms with Gasteiger partial charge in [-0.25, -0.2) is 0 Å². The van der Waals surface area contributed by atoms with Gasteiger partial charge in [0.05, 0.1) is 5.92 Å². The Morgan fingerprint density at radius 3 is 2.14 bits per heavy atom. The molecule has 0 radical (unpaired) electrons. The summed E-state index contributed by atoms with van der Waals surface area (Å²) in [4.78, 5) is 29.3. The zero-order chi connectivity index (χ0) is 29.9. The molecule has 2 aliphatic carbocycles. The van der Waals surface area contributed by atoms with E-state index in [-0.39, 0.29) is 35.5 Å². The van der Waals surface area contributed by atoms with E-state index in [2.05, 4.69) is 70.1 Å². The number of hydrogen-bond donors (Lipinski definition) is 2. The average molecular weight is 580 g/mol. The molecule has 0 saturated carbocycles. The highest BCUT2D eigenvalue weighted by molar-refractivity contribution is 6.05. The van der Waals surface area contributed by atoms with Crippen LogP contribution < -0.4 is 15.5 Å². The zero-order valence-electron chi connectivity index (χ0n) is 24.7. The third-order valence-corrected chi connectivity index (χ3v) is 9.53. The number of hydrogen-bond acceptors (Lipinski definition) is 3. The van der Waals surface area contributed by atoms with Gasteiger partial charge in [-0.05, 0) is 78.3 Å². The molecule has 5 nitrogen and oxygen atoms in total. The molecule has 44 heavy (non-hydrogen) atoms. The number of piperidine rings is 1. The quantitative estimate of drug-likeness (QED) is 0.236. The summed E-state index contributed by atoms with van der Waals surface area (Å²) in [6.45, 7) is 1.75. The highest BCUT2D eigenvalue weighted by Gasteiger charge is 2.37. The summed E-state index contributed by atoms with van der Waals surface area (Å²) in [5.74, 6) is 0.538. The molecular formula is C39H37N3O2. The zero-order valence-corrected chi connectivity index (χ0v) is 24.7. The van der Waals surface area contributed by atoms with Crippen LogP contribution in [0.1, 0.15) is 41.4 Å². The van der Waals surface area contributed by atoms with E-state index in [9.17, 15) is 9.59 Å². The Morgan fingerprint density at radius 2 is 1.39 bits per heavy atom. The third kappa shape index (κ3) is 5.70. The van der Waals surface area contributed by atoms with Crippen LogP contribution in [-0.2, 0) is 16.0 Å². The molecule has 2 amide bonds. The lowest BCUT2D eigenvalue weighted by Gasteiger charge is -2.37. The van der Waals surface area contributed by atoms with Gasteiger partial charge in [0.1, 0.15) is 0 Å². The smallest absolute Gasteiger partial charge is 0.251 e. The number of para-hydroxylation sites is 1. The molecule has 0 aromatic heterocycles. The first-order valence-electron chi connectivity index (χ1n) is 15.7. The minimum absolute atomic E-state index is 0.0218. The molecule has 2 N–H and O–H groups in total. The Labute approximate surface area is 259 Å². The predicted molar refractivity (Wildman–Crippen MR) is 178 cm³/mol. The second-order valence-electron chi connectivity index (χ2n) is 12.1. The molecule has 1 fully saturated rings. The number of rotatable bonds is 7. The molecule has 1 heterocycles. The summed E-state index contributed by atoms with van der Waals surface area (Å²) in [5.41, 5.74) is 7.36. The van der Waals surface area contributed by atoms with Crippen molar-refractivity contribution < 1.29 is 9.59 Å². The number of anilines is 3. The fourth-order valence-electron chi connectivity index (χ4n) is 7.30. The van der Waals surface area contributed by atoms with Crippen molar-refractivity contribution in [2.75, 3.05) is 28.6 Å². The summed E-state index contributed by atoms with van der Waals surface area (Å²) < 4.78 is 0. The number of fused-ring (bicyclic) bond motifs is 3. The van der Waals surface area contributed by atoms with Gasteiger partial charge >= 0.3 is 0 Å². The van der Waals surface area contributed by atoms with Gasteiger partial charge in [0, 0.05) is 47.6 Å². The van der Waals surface area contributed by atoms with Gasteiger partial charge < -0.3 is 15.5 Å². The number of nitrogens with one attached hydrogen (secondary N) is 2. The Balaban J connectivity index is 0.982. The summed E-state index contributed by atoms with van der Waals surface area (Å²) in [6.07, 6.45) is 8.98. The van der Waals surface area contributed by atoms with Gasteiger partial charge in [-0.3, -0.25) is 9.59 Å². The van der Waals surface area contributed by atoms with Crippen molar-refractivity contribution >= 4 is 28.9 Å². The average Bonchev–Trinajstić information content (AvgIpc) is 3.46. The van der Waals surface area contributed by atoms with Crippen LogP contribution in [0.2, 0.25) is 0 Å². The maximum absolute atomic E-state index is 13.6. The topological polar surface area (TPSA) is 61.4 Å². The van der Waals surface area contributed by atoms with Crippen LogP contribution in [0.5, 0.6) is 0 Å². The van der Waals surface area contributed by atoms with Gasteiger partial charge in [-0.1, -0.05) is 91.0 Å². The first-order valence-corrected chi connectivity index (χ1v) is 15.7. The minimum atomic E-state index is -0.202. The molecule has 5 heteroatoms. The lowest BCUT2D eigenvalue weighted by atomic mass is 9.79. The maximum atomic E-state index is 13.6. The Morgan fingerprint density at radius 1 is 0.727 bits per heavy atom. The van der Waals surface area contributed by atoms with Crippen LogP contribution in [0.3, 0.4) is 0 Å². The van der Waals surface area contributed by atoms with Crippen molar-refractivity contribution in [3.05, 3.63) is 150 Å². The van der Waals surface area contributed by atoms with E-state index in [1.807, 2.05) is 72.8 Å². The molecule has 1 aliphatic heterocycles. The van der Waals surface area contributed by atoms with Crippen molar-refractivity contribution in [1.29, 1.82) is 0 Å². The van der Waals surface area contributed by atoms with E-state index in [1.54, 1.807) is 0 Å². The van der Waals surface area contributed by atoms with Crippen LogP contribution in [0, 0.1) is 11.8 Å². The van der Waals surface area contributed by atoms with Gasteiger partial charge in [-0.15, -0.1) is 0 Å². The highest BCUT2D eigenvalue weighted by atomic mass is 16.2. The third-order valence-electron chi connectivity index (χ3n) is 9.53. The fourth-order valence-corrected chi connectivity index (χ4v) is 7.30. The molecule has 0 bridgehead atoms. The van der Waals surface area contributed by atoms with Crippen LogP contribution in [0.15, 0.2) is 133 Å². The Bertz CT molecular complexity index is 1690. The molecule has 7 rings (SSSR count). The van der Waals surface area contributed by atoms with E-state index in [4.69, 9.17) is 0 Å². The van der Waals surface area contributed by atoms with E-state index in [0.29, 0.717) is 0 Å². The molecule has 3 aliphatic rings. The monoisotopic (exact) mass is 579 g/mol. The molecule has 4 aromatic carbocycles. The van der Waals surface area contributed by atoms with Crippen molar-refractivity contribution in [2.45, 2.75) is 31.1 Å². The predicted octanol–water partition coefficient (Wildman–Crippen LogP) is 7.72. The van der Waals surface area contributed by atoms with Gasteiger partial charge in [0.15, 0.2) is 0 Å². The highest BCUT2D eigenvalue weighted by Crippen LogP contribution is 2.44. The number of benzene rings is 4. The van der Waals surface area contributed by atoms with Gasteiger partial charge in [-0.2, -0.15) is 0 Å². The van der Waals surface area contributed by atoms with Crippen LogP contribution in [-0.4, -0.2) is 24.9 Å². The lowest BCUT2D eigenvalue weighted by molar-refractivity contribution is -0.119. The summed E-state index contributed by atoms with van der Waals surface area (Å²) in [6, 6.07) is 36.6. The summed E-state index contributed by atoms with van der Waals surface area (Å²) in [7, 11) is 0. The van der Waals surface area contributed by atoms with E-state index in [0.717, 1.165) is 60.6 Å². The lowest BCUT2D eigenvalue weighted by Crippen LogP contribution is -2.38. The fraction of sp³-hybridized carbons (Fsp3) is 0.231. The van der Waals surface area contributed by atoms with Gasteiger partial charge in [0.25, 0.3) is 5.91 Å².